The monoisotopic (exact) mass is 350 g/mol. The number of nitrogens with one attached hydrogen (secondary N) is 2. The highest BCUT2D eigenvalue weighted by atomic mass is 19.1. The minimum absolute atomic E-state index is 0.257. The molecule has 1 aliphatic rings. The molecule has 0 aromatic heterocycles. The van der Waals surface area contributed by atoms with Gasteiger partial charge in [-0.2, -0.15) is 0 Å². The molecule has 0 aliphatic carbocycles. The number of hydrogen-bond acceptors (Lipinski definition) is 5. The van der Waals surface area contributed by atoms with Crippen LogP contribution in [0.3, 0.4) is 0 Å². The van der Waals surface area contributed by atoms with E-state index in [9.17, 15) is 14.0 Å². The number of carbonyl (C=O) groups is 2. The Balaban J connectivity index is 1.80. The van der Waals surface area contributed by atoms with Crippen molar-refractivity contribution < 1.29 is 18.8 Å². The van der Waals surface area contributed by atoms with E-state index in [2.05, 4.69) is 15.8 Å². The Morgan fingerprint density at radius 1 is 1.36 bits per heavy atom. The van der Waals surface area contributed by atoms with Crippen LogP contribution in [0.5, 0.6) is 0 Å². The molecule has 8 heteroatoms. The third-order valence-corrected chi connectivity index (χ3v) is 3.75. The van der Waals surface area contributed by atoms with Crippen molar-refractivity contribution in [1.82, 2.24) is 15.5 Å². The van der Waals surface area contributed by atoms with Gasteiger partial charge in [0, 0.05) is 19.5 Å². The molecule has 0 saturated carbocycles. The second-order valence-corrected chi connectivity index (χ2v) is 6.17. The fourth-order valence-electron chi connectivity index (χ4n) is 2.26. The first-order valence-electron chi connectivity index (χ1n) is 8.08. The third kappa shape index (κ3) is 5.53. The molecule has 0 unspecified atom stereocenters. The molecule has 0 radical (unpaired) electrons. The van der Waals surface area contributed by atoms with E-state index in [-0.39, 0.29) is 18.1 Å². The summed E-state index contributed by atoms with van der Waals surface area (Å²) in [5.74, 6) is -1.00. The third-order valence-electron chi connectivity index (χ3n) is 3.75. The standard InChI is InChI=1S/C17H23FN4O3/c1-11(16(23)19-8-9-22(2)3)20-17(24)15-10-14(21-25-15)12-4-6-13(18)7-5-12/h4-7,11,15H,8-10H2,1-3H3,(H,19,23)(H,20,24)/t11-,15-/m1/s1. The van der Waals surface area contributed by atoms with Crippen molar-refractivity contribution in [1.29, 1.82) is 0 Å². The number of nitrogens with zero attached hydrogens (tertiary/aromatic N) is 2. The van der Waals surface area contributed by atoms with Gasteiger partial charge in [-0.15, -0.1) is 0 Å². The minimum Gasteiger partial charge on any atom is -0.382 e. The van der Waals surface area contributed by atoms with Crippen molar-refractivity contribution in [2.75, 3.05) is 27.2 Å². The topological polar surface area (TPSA) is 83.0 Å². The van der Waals surface area contributed by atoms with Crippen molar-refractivity contribution in [2.24, 2.45) is 5.16 Å². The Kier molecular flexibility index (Phi) is 6.46. The first-order chi connectivity index (χ1) is 11.9. The van der Waals surface area contributed by atoms with Crippen LogP contribution in [-0.2, 0) is 14.4 Å². The lowest BCUT2D eigenvalue weighted by molar-refractivity contribution is -0.135. The number of likely N-dealkylation sites (N-methyl/N-ethyl adjacent to an activating group) is 1. The van der Waals surface area contributed by atoms with E-state index in [1.54, 1.807) is 19.1 Å². The van der Waals surface area contributed by atoms with Gasteiger partial charge in [0.25, 0.3) is 5.91 Å². The molecule has 25 heavy (non-hydrogen) atoms. The molecule has 0 bridgehead atoms. The fourth-order valence-corrected chi connectivity index (χ4v) is 2.26. The van der Waals surface area contributed by atoms with Crippen molar-refractivity contribution in [3.8, 4) is 0 Å². The molecule has 2 rings (SSSR count). The average Bonchev–Trinajstić information content (AvgIpc) is 3.05. The lowest BCUT2D eigenvalue weighted by Gasteiger charge is -2.17. The second-order valence-electron chi connectivity index (χ2n) is 6.17. The molecular weight excluding hydrogens is 327 g/mol. The molecule has 2 N–H and O–H groups in total. The summed E-state index contributed by atoms with van der Waals surface area (Å²) in [6.07, 6.45) is -0.524. The Bertz CT molecular complexity index is 646. The summed E-state index contributed by atoms with van der Waals surface area (Å²) in [6, 6.07) is 5.14. The zero-order valence-corrected chi connectivity index (χ0v) is 14.6. The normalized spacial score (nSPS) is 17.6. The van der Waals surface area contributed by atoms with Gasteiger partial charge in [0.05, 0.1) is 5.71 Å². The Hall–Kier alpha value is -2.48. The van der Waals surface area contributed by atoms with Crippen LogP contribution in [0.4, 0.5) is 4.39 Å². The molecule has 0 spiro atoms. The van der Waals surface area contributed by atoms with E-state index in [4.69, 9.17) is 4.84 Å². The zero-order valence-electron chi connectivity index (χ0n) is 14.6. The smallest absolute Gasteiger partial charge is 0.264 e. The molecule has 7 nitrogen and oxygen atoms in total. The lowest BCUT2D eigenvalue weighted by atomic mass is 10.0. The predicted octanol–water partition coefficient (Wildman–Crippen LogP) is 0.501. The van der Waals surface area contributed by atoms with Gasteiger partial charge in [-0.3, -0.25) is 9.59 Å². The van der Waals surface area contributed by atoms with Gasteiger partial charge in [0.2, 0.25) is 12.0 Å². The van der Waals surface area contributed by atoms with Gasteiger partial charge in [-0.25, -0.2) is 4.39 Å². The van der Waals surface area contributed by atoms with Crippen molar-refractivity contribution >= 4 is 17.5 Å². The van der Waals surface area contributed by atoms with Crippen molar-refractivity contribution in [3.05, 3.63) is 35.6 Å². The summed E-state index contributed by atoms with van der Waals surface area (Å²) >= 11 is 0. The number of hydrogen-bond donors (Lipinski definition) is 2. The van der Waals surface area contributed by atoms with Crippen LogP contribution in [0.15, 0.2) is 29.4 Å². The van der Waals surface area contributed by atoms with Crippen LogP contribution in [0, 0.1) is 5.82 Å². The maximum atomic E-state index is 13.0. The molecule has 0 fully saturated rings. The molecular formula is C17H23FN4O3. The van der Waals surface area contributed by atoms with Gasteiger partial charge in [0.15, 0.2) is 0 Å². The number of oxime groups is 1. The summed E-state index contributed by atoms with van der Waals surface area (Å²) in [5.41, 5.74) is 1.27. The van der Waals surface area contributed by atoms with Crippen LogP contribution in [0.1, 0.15) is 18.9 Å². The fraction of sp³-hybridized carbons (Fsp3) is 0.471. The first kappa shape index (κ1) is 18.9. The Morgan fingerprint density at radius 2 is 2.04 bits per heavy atom. The van der Waals surface area contributed by atoms with E-state index in [0.717, 1.165) is 0 Å². The number of halogens is 1. The highest BCUT2D eigenvalue weighted by molar-refractivity contribution is 6.04. The predicted molar refractivity (Wildman–Crippen MR) is 91.6 cm³/mol. The van der Waals surface area contributed by atoms with E-state index in [1.165, 1.54) is 12.1 Å². The number of carbonyl (C=O) groups excluding carboxylic acids is 2. The van der Waals surface area contributed by atoms with Crippen molar-refractivity contribution in [2.45, 2.75) is 25.5 Å². The molecule has 0 saturated heterocycles. The quantitative estimate of drug-likeness (QED) is 0.750. The summed E-state index contributed by atoms with van der Waals surface area (Å²) in [7, 11) is 3.82. The van der Waals surface area contributed by atoms with E-state index >= 15 is 0 Å². The molecule has 1 aromatic rings. The van der Waals surface area contributed by atoms with Crippen molar-refractivity contribution in [3.63, 3.8) is 0 Å². The van der Waals surface area contributed by atoms with Gasteiger partial charge >= 0.3 is 0 Å². The zero-order chi connectivity index (χ0) is 18.4. The van der Waals surface area contributed by atoms with Gasteiger partial charge in [-0.1, -0.05) is 17.3 Å². The molecule has 1 aliphatic heterocycles. The van der Waals surface area contributed by atoms with Crippen LogP contribution in [0.2, 0.25) is 0 Å². The molecule has 2 atom stereocenters. The number of rotatable bonds is 7. The molecule has 136 valence electrons. The van der Waals surface area contributed by atoms with E-state index in [0.29, 0.717) is 24.4 Å². The maximum absolute atomic E-state index is 13.0. The van der Waals surface area contributed by atoms with Crippen LogP contribution in [-0.4, -0.2) is 61.8 Å². The SMILES string of the molecule is C[C@@H](NC(=O)[C@H]1CC(c2ccc(F)cc2)=NO1)C(=O)NCCN(C)C. The van der Waals surface area contributed by atoms with Gasteiger partial charge in [0.1, 0.15) is 11.9 Å². The maximum Gasteiger partial charge on any atom is 0.264 e. The molecule has 1 heterocycles. The lowest BCUT2D eigenvalue weighted by Crippen LogP contribution is -2.49. The van der Waals surface area contributed by atoms with E-state index < -0.39 is 18.1 Å². The summed E-state index contributed by atoms with van der Waals surface area (Å²) < 4.78 is 13.0. The van der Waals surface area contributed by atoms with Crippen LogP contribution in [0.25, 0.3) is 0 Å². The highest BCUT2D eigenvalue weighted by Crippen LogP contribution is 2.17. The molecule has 1 aromatic carbocycles. The average molecular weight is 350 g/mol. The number of amides is 2. The highest BCUT2D eigenvalue weighted by Gasteiger charge is 2.30. The van der Waals surface area contributed by atoms with Crippen LogP contribution >= 0.6 is 0 Å². The summed E-state index contributed by atoms with van der Waals surface area (Å²) in [6.45, 7) is 2.83. The number of benzene rings is 1. The van der Waals surface area contributed by atoms with Crippen LogP contribution < -0.4 is 10.6 Å². The largest absolute Gasteiger partial charge is 0.382 e. The van der Waals surface area contributed by atoms with E-state index in [1.807, 2.05) is 19.0 Å². The molecule has 2 amide bonds. The minimum atomic E-state index is -0.794. The summed E-state index contributed by atoms with van der Waals surface area (Å²) in [5, 5.41) is 9.25. The first-order valence-corrected chi connectivity index (χ1v) is 8.08. The van der Waals surface area contributed by atoms with Gasteiger partial charge in [-0.05, 0) is 38.7 Å². The second kappa shape index (κ2) is 8.57. The van der Waals surface area contributed by atoms with Gasteiger partial charge < -0.3 is 20.4 Å². The Morgan fingerprint density at radius 3 is 2.68 bits per heavy atom. The Labute approximate surface area is 146 Å². The summed E-state index contributed by atoms with van der Waals surface area (Å²) in [4.78, 5) is 31.3.